The molecule has 1 nitrogen and oxygen atoms in total. The lowest BCUT2D eigenvalue weighted by atomic mass is 10.0. The third-order valence-corrected chi connectivity index (χ3v) is 3.69. The van der Waals surface area contributed by atoms with Gasteiger partial charge in [0.05, 0.1) is 14.5 Å². The van der Waals surface area contributed by atoms with E-state index in [0.717, 1.165) is 18.2 Å². The van der Waals surface area contributed by atoms with Crippen molar-refractivity contribution >= 4 is 37.6 Å². The van der Waals surface area contributed by atoms with Gasteiger partial charge in [0.15, 0.2) is 5.78 Å². The van der Waals surface area contributed by atoms with Crippen molar-refractivity contribution in [3.8, 4) is 0 Å². The Morgan fingerprint density at radius 2 is 1.47 bits per heavy atom. The Kier molecular flexibility index (Phi) is 4.10. The SMILES string of the molecule is O=C(c1ccc(Br)c(F)c1)c1cc(F)c(Br)cc1F. The number of rotatable bonds is 2. The summed E-state index contributed by atoms with van der Waals surface area (Å²) in [6.07, 6.45) is 0. The Bertz CT molecular complexity index is 671. The first kappa shape index (κ1) is 14.3. The van der Waals surface area contributed by atoms with E-state index in [1.807, 2.05) is 0 Å². The summed E-state index contributed by atoms with van der Waals surface area (Å²) in [7, 11) is 0. The fraction of sp³-hybridized carbons (Fsp3) is 0. The summed E-state index contributed by atoms with van der Waals surface area (Å²) in [6, 6.07) is 5.26. The normalized spacial score (nSPS) is 10.6. The molecule has 98 valence electrons. The highest BCUT2D eigenvalue weighted by molar-refractivity contribution is 9.10. The molecule has 0 saturated carbocycles. The number of halogens is 5. The van der Waals surface area contributed by atoms with Crippen molar-refractivity contribution < 1.29 is 18.0 Å². The van der Waals surface area contributed by atoms with Gasteiger partial charge in [0, 0.05) is 5.56 Å². The van der Waals surface area contributed by atoms with Crippen LogP contribution in [0, 0.1) is 17.5 Å². The minimum absolute atomic E-state index is 0.0543. The summed E-state index contributed by atoms with van der Waals surface area (Å²) in [6.45, 7) is 0. The Balaban J connectivity index is 2.49. The van der Waals surface area contributed by atoms with Gasteiger partial charge in [0.2, 0.25) is 0 Å². The van der Waals surface area contributed by atoms with Crippen LogP contribution in [0.2, 0.25) is 0 Å². The minimum atomic E-state index is -0.874. The molecule has 0 aliphatic carbocycles. The second-order valence-corrected chi connectivity index (χ2v) is 5.41. The molecule has 0 aliphatic rings. The number of hydrogen-bond acceptors (Lipinski definition) is 1. The lowest BCUT2D eigenvalue weighted by Gasteiger charge is -2.05. The van der Waals surface area contributed by atoms with E-state index in [4.69, 9.17) is 0 Å². The first-order chi connectivity index (χ1) is 8.90. The van der Waals surface area contributed by atoms with Crippen LogP contribution >= 0.6 is 31.9 Å². The van der Waals surface area contributed by atoms with Crippen LogP contribution in [0.1, 0.15) is 15.9 Å². The zero-order valence-electron chi connectivity index (χ0n) is 9.18. The first-order valence-corrected chi connectivity index (χ1v) is 6.63. The molecule has 0 spiro atoms. The molecule has 19 heavy (non-hydrogen) atoms. The van der Waals surface area contributed by atoms with Crippen molar-refractivity contribution in [1.29, 1.82) is 0 Å². The molecule has 0 aliphatic heterocycles. The van der Waals surface area contributed by atoms with E-state index in [1.165, 1.54) is 12.1 Å². The number of ketones is 1. The van der Waals surface area contributed by atoms with Crippen molar-refractivity contribution in [2.24, 2.45) is 0 Å². The van der Waals surface area contributed by atoms with E-state index in [1.54, 1.807) is 0 Å². The van der Waals surface area contributed by atoms with E-state index in [0.29, 0.717) is 0 Å². The molecule has 6 heteroatoms. The van der Waals surface area contributed by atoms with Crippen molar-refractivity contribution in [3.63, 3.8) is 0 Å². The van der Waals surface area contributed by atoms with Crippen LogP contribution in [0.15, 0.2) is 39.3 Å². The highest BCUT2D eigenvalue weighted by atomic mass is 79.9. The van der Waals surface area contributed by atoms with Crippen molar-refractivity contribution in [3.05, 3.63) is 67.9 Å². The van der Waals surface area contributed by atoms with Gasteiger partial charge in [0.1, 0.15) is 17.5 Å². The summed E-state index contributed by atoms with van der Waals surface area (Å²) >= 11 is 5.76. The lowest BCUT2D eigenvalue weighted by molar-refractivity contribution is 0.103. The summed E-state index contributed by atoms with van der Waals surface area (Å²) in [5.74, 6) is -3.07. The van der Waals surface area contributed by atoms with Gasteiger partial charge >= 0.3 is 0 Å². The van der Waals surface area contributed by atoms with Crippen LogP contribution in [0.25, 0.3) is 0 Å². The highest BCUT2D eigenvalue weighted by Crippen LogP contribution is 2.23. The molecule has 0 fully saturated rings. The second-order valence-electron chi connectivity index (χ2n) is 3.70. The standard InChI is InChI=1S/C13H5Br2F3O/c14-8-2-1-6(3-11(8)17)13(19)7-4-12(18)9(15)5-10(7)16/h1-5H. The number of carbonyl (C=O) groups is 1. The molecular weight excluding hydrogens is 389 g/mol. The van der Waals surface area contributed by atoms with Gasteiger partial charge in [-0.2, -0.15) is 0 Å². The van der Waals surface area contributed by atoms with Crippen molar-refractivity contribution in [1.82, 2.24) is 0 Å². The van der Waals surface area contributed by atoms with Crippen LogP contribution in [-0.2, 0) is 0 Å². The molecular formula is C13H5Br2F3O. The smallest absolute Gasteiger partial charge is 0.196 e. The molecule has 2 aromatic carbocycles. The minimum Gasteiger partial charge on any atom is -0.288 e. The molecule has 0 atom stereocenters. The van der Waals surface area contributed by atoms with Crippen LogP contribution in [0.3, 0.4) is 0 Å². The summed E-state index contributed by atoms with van der Waals surface area (Å²) in [4.78, 5) is 12.0. The van der Waals surface area contributed by atoms with Crippen LogP contribution < -0.4 is 0 Å². The van der Waals surface area contributed by atoms with Gasteiger partial charge < -0.3 is 0 Å². The van der Waals surface area contributed by atoms with Gasteiger partial charge in [-0.15, -0.1) is 0 Å². The Labute approximate surface area is 123 Å². The van der Waals surface area contributed by atoms with E-state index >= 15 is 0 Å². The zero-order valence-corrected chi connectivity index (χ0v) is 12.4. The molecule has 0 saturated heterocycles. The Hall–Kier alpha value is -1.14. The molecule has 2 aromatic rings. The molecule has 2 rings (SSSR count). The molecule has 0 aromatic heterocycles. The maximum absolute atomic E-state index is 13.6. The Morgan fingerprint density at radius 3 is 2.11 bits per heavy atom. The lowest BCUT2D eigenvalue weighted by Crippen LogP contribution is -2.06. The molecule has 0 radical (unpaired) electrons. The maximum atomic E-state index is 13.6. The van der Waals surface area contributed by atoms with Gasteiger partial charge in [-0.1, -0.05) is 0 Å². The number of hydrogen-bond donors (Lipinski definition) is 0. The van der Waals surface area contributed by atoms with Crippen LogP contribution in [-0.4, -0.2) is 5.78 Å². The fourth-order valence-electron chi connectivity index (χ4n) is 1.49. The molecule has 0 amide bonds. The molecule has 0 N–H and O–H groups in total. The van der Waals surface area contributed by atoms with Gasteiger partial charge in [-0.3, -0.25) is 4.79 Å². The average molecular weight is 394 g/mol. The Morgan fingerprint density at radius 1 is 0.842 bits per heavy atom. The number of benzene rings is 2. The van der Waals surface area contributed by atoms with Gasteiger partial charge in [-0.25, -0.2) is 13.2 Å². The highest BCUT2D eigenvalue weighted by Gasteiger charge is 2.18. The predicted octanol–water partition coefficient (Wildman–Crippen LogP) is 4.86. The van der Waals surface area contributed by atoms with E-state index in [-0.39, 0.29) is 14.5 Å². The molecule has 0 heterocycles. The molecule has 0 unspecified atom stereocenters. The predicted molar refractivity (Wildman–Crippen MR) is 71.6 cm³/mol. The fourth-order valence-corrected chi connectivity index (χ4v) is 2.05. The largest absolute Gasteiger partial charge is 0.288 e. The van der Waals surface area contributed by atoms with Crippen molar-refractivity contribution in [2.45, 2.75) is 0 Å². The topological polar surface area (TPSA) is 17.1 Å². The maximum Gasteiger partial charge on any atom is 0.196 e. The quantitative estimate of drug-likeness (QED) is 0.526. The molecule has 0 bridgehead atoms. The average Bonchev–Trinajstić information content (AvgIpc) is 2.36. The summed E-state index contributed by atoms with van der Waals surface area (Å²) in [5, 5.41) is 0. The first-order valence-electron chi connectivity index (χ1n) is 5.04. The number of carbonyl (C=O) groups excluding carboxylic acids is 1. The monoisotopic (exact) mass is 392 g/mol. The summed E-state index contributed by atoms with van der Waals surface area (Å²) < 4.78 is 40.4. The van der Waals surface area contributed by atoms with E-state index in [9.17, 15) is 18.0 Å². The third kappa shape index (κ3) is 2.90. The second kappa shape index (κ2) is 5.46. The van der Waals surface area contributed by atoms with Gasteiger partial charge in [0.25, 0.3) is 0 Å². The van der Waals surface area contributed by atoms with E-state index < -0.39 is 28.8 Å². The summed E-state index contributed by atoms with van der Waals surface area (Å²) in [5.41, 5.74) is -0.497. The van der Waals surface area contributed by atoms with Crippen molar-refractivity contribution in [2.75, 3.05) is 0 Å². The van der Waals surface area contributed by atoms with E-state index in [2.05, 4.69) is 31.9 Å². The van der Waals surface area contributed by atoms with Crippen LogP contribution in [0.4, 0.5) is 13.2 Å². The van der Waals surface area contributed by atoms with Gasteiger partial charge in [-0.05, 0) is 62.2 Å². The zero-order chi connectivity index (χ0) is 14.2. The third-order valence-electron chi connectivity index (χ3n) is 2.44. The van der Waals surface area contributed by atoms with Crippen LogP contribution in [0.5, 0.6) is 0 Å².